The Morgan fingerprint density at radius 1 is 1.12 bits per heavy atom. The van der Waals surface area contributed by atoms with Gasteiger partial charge in [0.25, 0.3) is 0 Å². The average Bonchev–Trinajstić information content (AvgIpc) is 2.61. The van der Waals surface area contributed by atoms with E-state index in [1.807, 2.05) is 61.5 Å². The summed E-state index contributed by atoms with van der Waals surface area (Å²) in [5.74, 6) is 0. The number of hydrogen-bond donors (Lipinski definition) is 3. The summed E-state index contributed by atoms with van der Waals surface area (Å²) < 4.78 is 5.43. The molecule has 1 atom stereocenters. The second-order valence-electron chi connectivity index (χ2n) is 5.37. The highest BCUT2D eigenvalue weighted by molar-refractivity contribution is 5.90. The third-order valence-electron chi connectivity index (χ3n) is 3.65. The van der Waals surface area contributed by atoms with Crippen molar-refractivity contribution < 1.29 is 14.6 Å². The summed E-state index contributed by atoms with van der Waals surface area (Å²) in [7, 11) is 0. The van der Waals surface area contributed by atoms with Crippen LogP contribution in [0.3, 0.4) is 0 Å². The van der Waals surface area contributed by atoms with Crippen molar-refractivity contribution in [3.05, 3.63) is 65.7 Å². The minimum atomic E-state index is -0.304. The summed E-state index contributed by atoms with van der Waals surface area (Å²) in [6.07, 6.45) is 0.456. The smallest absolute Gasteiger partial charge is 0.319 e. The van der Waals surface area contributed by atoms with E-state index in [1.165, 1.54) is 0 Å². The Bertz CT molecular complexity index is 632. The van der Waals surface area contributed by atoms with Crippen molar-refractivity contribution in [3.8, 4) is 0 Å². The number of para-hydroxylation sites is 1. The highest BCUT2D eigenvalue weighted by atomic mass is 16.5. The molecule has 5 nitrogen and oxygen atoms in total. The second kappa shape index (κ2) is 9.70. The van der Waals surface area contributed by atoms with Crippen LogP contribution >= 0.6 is 0 Å². The van der Waals surface area contributed by atoms with Gasteiger partial charge in [-0.05, 0) is 25.0 Å². The third-order valence-corrected chi connectivity index (χ3v) is 3.65. The number of nitrogens with one attached hydrogen (secondary N) is 2. The van der Waals surface area contributed by atoms with Crippen LogP contribution in [0.25, 0.3) is 0 Å². The van der Waals surface area contributed by atoms with Gasteiger partial charge >= 0.3 is 6.03 Å². The first-order chi connectivity index (χ1) is 11.7. The van der Waals surface area contributed by atoms with Gasteiger partial charge in [-0.1, -0.05) is 48.5 Å². The Hall–Kier alpha value is -2.37. The summed E-state index contributed by atoms with van der Waals surface area (Å²) in [5, 5.41) is 15.0. The van der Waals surface area contributed by atoms with Crippen LogP contribution in [0, 0.1) is 0 Å². The minimum absolute atomic E-state index is 0.000762. The molecule has 0 spiro atoms. The molecule has 0 unspecified atom stereocenters. The molecule has 0 saturated heterocycles. The number of amides is 2. The van der Waals surface area contributed by atoms with Gasteiger partial charge in [0.15, 0.2) is 0 Å². The van der Waals surface area contributed by atoms with Crippen molar-refractivity contribution in [3.63, 3.8) is 0 Å². The van der Waals surface area contributed by atoms with Crippen LogP contribution in [0.2, 0.25) is 0 Å². The van der Waals surface area contributed by atoms with Gasteiger partial charge < -0.3 is 20.5 Å². The molecule has 0 radical (unpaired) electrons. The quantitative estimate of drug-likeness (QED) is 0.695. The van der Waals surface area contributed by atoms with E-state index in [0.29, 0.717) is 19.6 Å². The zero-order valence-corrected chi connectivity index (χ0v) is 13.9. The largest absolute Gasteiger partial charge is 0.396 e. The molecule has 2 rings (SSSR count). The molecule has 0 bridgehead atoms. The molecule has 0 fully saturated rings. The van der Waals surface area contributed by atoms with Crippen molar-refractivity contribution in [2.24, 2.45) is 0 Å². The predicted molar refractivity (Wildman–Crippen MR) is 94.8 cm³/mol. The van der Waals surface area contributed by atoms with Gasteiger partial charge in [0.05, 0.1) is 12.6 Å². The van der Waals surface area contributed by atoms with Crippen LogP contribution in [0.1, 0.15) is 30.5 Å². The molecule has 0 aliphatic heterocycles. The first kappa shape index (κ1) is 18.0. The predicted octanol–water partition coefficient (Wildman–Crippen LogP) is 3.47. The summed E-state index contributed by atoms with van der Waals surface area (Å²) in [5.41, 5.74) is 2.61. The van der Waals surface area contributed by atoms with Crippen LogP contribution in [0.5, 0.6) is 0 Å². The maximum atomic E-state index is 12.4. The molecule has 0 aliphatic carbocycles. The maximum Gasteiger partial charge on any atom is 0.319 e. The van der Waals surface area contributed by atoms with Crippen LogP contribution in [0.4, 0.5) is 10.5 Å². The van der Waals surface area contributed by atoms with Crippen molar-refractivity contribution >= 4 is 11.7 Å². The fraction of sp³-hybridized carbons (Fsp3) is 0.316. The van der Waals surface area contributed by atoms with Gasteiger partial charge in [-0.15, -0.1) is 0 Å². The van der Waals surface area contributed by atoms with Gasteiger partial charge in [-0.3, -0.25) is 0 Å². The maximum absolute atomic E-state index is 12.4. The van der Waals surface area contributed by atoms with Crippen LogP contribution in [0.15, 0.2) is 54.6 Å². The Balaban J connectivity index is 2.03. The van der Waals surface area contributed by atoms with Crippen molar-refractivity contribution in [1.29, 1.82) is 0 Å². The van der Waals surface area contributed by atoms with Gasteiger partial charge in [-0.25, -0.2) is 4.79 Å². The lowest BCUT2D eigenvalue weighted by Gasteiger charge is -2.19. The summed E-state index contributed by atoms with van der Waals surface area (Å²) in [6.45, 7) is 3.00. The number of urea groups is 1. The number of carbonyl (C=O) groups excluding carboxylic acids is 1. The fourth-order valence-corrected chi connectivity index (χ4v) is 2.43. The second-order valence-corrected chi connectivity index (χ2v) is 5.37. The number of carbonyl (C=O) groups is 1. The van der Waals surface area contributed by atoms with Crippen molar-refractivity contribution in [2.45, 2.75) is 26.0 Å². The average molecular weight is 328 g/mol. The zero-order valence-electron chi connectivity index (χ0n) is 13.9. The third kappa shape index (κ3) is 5.37. The zero-order chi connectivity index (χ0) is 17.2. The summed E-state index contributed by atoms with van der Waals surface area (Å²) in [4.78, 5) is 12.4. The van der Waals surface area contributed by atoms with E-state index in [9.17, 15) is 9.90 Å². The molecule has 2 aromatic carbocycles. The van der Waals surface area contributed by atoms with Gasteiger partial charge in [-0.2, -0.15) is 0 Å². The lowest BCUT2D eigenvalue weighted by atomic mass is 10.0. The lowest BCUT2D eigenvalue weighted by Crippen LogP contribution is -2.33. The van der Waals surface area contributed by atoms with E-state index in [2.05, 4.69) is 10.6 Å². The number of aliphatic hydroxyl groups excluding tert-OH is 1. The number of aliphatic hydroxyl groups is 1. The normalized spacial score (nSPS) is 11.8. The monoisotopic (exact) mass is 328 g/mol. The topological polar surface area (TPSA) is 70.6 Å². The van der Waals surface area contributed by atoms with E-state index in [4.69, 9.17) is 4.74 Å². The number of ether oxygens (including phenoxy) is 1. The number of benzene rings is 2. The van der Waals surface area contributed by atoms with E-state index >= 15 is 0 Å². The van der Waals surface area contributed by atoms with E-state index < -0.39 is 0 Å². The molecule has 5 heteroatoms. The molecule has 0 aliphatic rings. The molecule has 0 heterocycles. The van der Waals surface area contributed by atoms with Crippen molar-refractivity contribution in [2.75, 3.05) is 18.5 Å². The van der Waals surface area contributed by atoms with E-state index in [0.717, 1.165) is 16.8 Å². The van der Waals surface area contributed by atoms with E-state index in [-0.39, 0.29) is 18.7 Å². The Labute approximate surface area is 142 Å². The van der Waals surface area contributed by atoms with Gasteiger partial charge in [0, 0.05) is 24.5 Å². The molecule has 2 amide bonds. The molecule has 0 saturated carbocycles. The Morgan fingerprint density at radius 3 is 2.54 bits per heavy atom. The van der Waals surface area contributed by atoms with Crippen molar-refractivity contribution in [1.82, 2.24) is 5.32 Å². The van der Waals surface area contributed by atoms with Crippen LogP contribution in [-0.2, 0) is 11.3 Å². The standard InChI is InChI=1S/C19H24N2O3/c1-2-24-14-16-10-6-7-11-17(16)20-19(23)21-18(12-13-22)15-8-4-3-5-9-15/h3-11,18,22H,2,12-14H2,1H3,(H2,20,21,23)/t18-/m1/s1. The minimum Gasteiger partial charge on any atom is -0.396 e. The number of hydrogen-bond acceptors (Lipinski definition) is 3. The highest BCUT2D eigenvalue weighted by Gasteiger charge is 2.14. The highest BCUT2D eigenvalue weighted by Crippen LogP contribution is 2.18. The van der Waals surface area contributed by atoms with Crippen LogP contribution in [-0.4, -0.2) is 24.4 Å². The van der Waals surface area contributed by atoms with Gasteiger partial charge in [0.2, 0.25) is 0 Å². The van der Waals surface area contributed by atoms with Crippen LogP contribution < -0.4 is 10.6 Å². The Kier molecular flexibility index (Phi) is 7.26. The first-order valence-corrected chi connectivity index (χ1v) is 8.13. The SMILES string of the molecule is CCOCc1ccccc1NC(=O)N[C@H](CCO)c1ccccc1. The molecule has 128 valence electrons. The lowest BCUT2D eigenvalue weighted by molar-refractivity contribution is 0.134. The molecular weight excluding hydrogens is 304 g/mol. The molecule has 2 aromatic rings. The molecule has 0 aromatic heterocycles. The number of anilines is 1. The molecule has 3 N–H and O–H groups in total. The first-order valence-electron chi connectivity index (χ1n) is 8.13. The van der Waals surface area contributed by atoms with Gasteiger partial charge in [0.1, 0.15) is 0 Å². The Morgan fingerprint density at radius 2 is 1.83 bits per heavy atom. The molecular formula is C19H24N2O3. The fourth-order valence-electron chi connectivity index (χ4n) is 2.43. The summed E-state index contributed by atoms with van der Waals surface area (Å²) in [6, 6.07) is 16.6. The molecule has 24 heavy (non-hydrogen) atoms. The summed E-state index contributed by atoms with van der Waals surface area (Å²) >= 11 is 0. The number of rotatable bonds is 8. The van der Waals surface area contributed by atoms with E-state index in [1.54, 1.807) is 0 Å².